The number of rotatable bonds is 5. The summed E-state index contributed by atoms with van der Waals surface area (Å²) >= 11 is 0. The number of amides is 2. The highest BCUT2D eigenvalue weighted by molar-refractivity contribution is 6.05. The van der Waals surface area contributed by atoms with Gasteiger partial charge in [0.1, 0.15) is 23.0 Å². The van der Waals surface area contributed by atoms with Crippen LogP contribution in [0, 0.1) is 13.8 Å². The Kier molecular flexibility index (Phi) is 8.60. The minimum absolute atomic E-state index is 0. The van der Waals surface area contributed by atoms with Crippen molar-refractivity contribution in [2.24, 2.45) is 10.8 Å². The average molecular weight is 406 g/mol. The smallest absolute Gasteiger partial charge is 0.289 e. The van der Waals surface area contributed by atoms with Gasteiger partial charge in [-0.3, -0.25) is 19.8 Å². The van der Waals surface area contributed by atoms with Gasteiger partial charge < -0.3 is 16.8 Å². The number of amidine groups is 1. The Hall–Kier alpha value is -2.79. The minimum Gasteiger partial charge on any atom is -0.386 e. The topological polar surface area (TPSA) is 180 Å². The van der Waals surface area contributed by atoms with Crippen molar-refractivity contribution in [1.82, 2.24) is 25.8 Å². The number of nitrogen functional groups attached to an aromatic ring is 1. The third-order valence-electron chi connectivity index (χ3n) is 3.41. The van der Waals surface area contributed by atoms with Gasteiger partial charge in [0.05, 0.1) is 0 Å². The van der Waals surface area contributed by atoms with Gasteiger partial charge in [-0.1, -0.05) is 6.92 Å². The molecule has 144 valence electrons. The van der Waals surface area contributed by atoms with Crippen LogP contribution < -0.4 is 22.2 Å². The number of carbonyl (C=O) groups excluding carboxylic acids is 2. The third-order valence-corrected chi connectivity index (χ3v) is 3.41. The molecule has 8 N–H and O–H groups in total. The highest BCUT2D eigenvalue weighted by Gasteiger charge is 2.20. The van der Waals surface area contributed by atoms with Crippen LogP contribution in [0.4, 0.5) is 11.6 Å². The molecule has 0 aliphatic carbocycles. The fraction of sp³-hybridized carbons (Fsp3) is 0.308. The highest BCUT2D eigenvalue weighted by atomic mass is 35.5. The normalized spacial score (nSPS) is 10.5. The highest BCUT2D eigenvalue weighted by Crippen LogP contribution is 2.18. The molecule has 2 aromatic rings. The zero-order chi connectivity index (χ0) is 17.9. The maximum Gasteiger partial charge on any atom is 0.289 e. The maximum atomic E-state index is 12.2. The molecule has 13 heteroatoms. The molecule has 0 unspecified atom stereocenters. The van der Waals surface area contributed by atoms with Gasteiger partial charge in [0.2, 0.25) is 0 Å². The van der Waals surface area contributed by atoms with E-state index in [4.69, 9.17) is 11.5 Å². The number of nitrogens with zero attached hydrogens (tertiary/aromatic N) is 3. The van der Waals surface area contributed by atoms with E-state index < -0.39 is 11.8 Å². The lowest BCUT2D eigenvalue weighted by Gasteiger charge is -2.03. The van der Waals surface area contributed by atoms with Gasteiger partial charge in [-0.15, -0.1) is 24.8 Å². The Balaban J connectivity index is 0.00000312. The first-order valence-corrected chi connectivity index (χ1v) is 7.14. The number of H-pyrrole nitrogens is 2. The number of nitrogens with one attached hydrogen (secondary N) is 4. The second-order valence-corrected chi connectivity index (χ2v) is 5.03. The quantitative estimate of drug-likeness (QED) is 0.243. The monoisotopic (exact) mass is 405 g/mol. The van der Waals surface area contributed by atoms with E-state index >= 15 is 0 Å². The van der Waals surface area contributed by atoms with Crippen LogP contribution in [-0.4, -0.2) is 38.0 Å². The SMILES string of the molecule is CCC(N)=NNC(=O)c1[nH]nc(NC(=O)c2[nH]nc(N)c2C)c1C.Cl.Cl. The number of nitrogens with two attached hydrogens (primary N) is 2. The lowest BCUT2D eigenvalue weighted by Crippen LogP contribution is -2.23. The number of hydrogen-bond donors (Lipinski definition) is 6. The van der Waals surface area contributed by atoms with Crippen molar-refractivity contribution < 1.29 is 9.59 Å². The number of aromatic amines is 2. The van der Waals surface area contributed by atoms with E-state index in [0.717, 1.165) is 0 Å². The predicted octanol–water partition coefficient (Wildman–Crippen LogP) is 0.840. The summed E-state index contributed by atoms with van der Waals surface area (Å²) in [5, 5.41) is 19.1. The van der Waals surface area contributed by atoms with E-state index in [-0.39, 0.29) is 47.8 Å². The van der Waals surface area contributed by atoms with Gasteiger partial charge in [-0.2, -0.15) is 15.3 Å². The largest absolute Gasteiger partial charge is 0.386 e. The first-order valence-electron chi connectivity index (χ1n) is 7.14. The molecule has 26 heavy (non-hydrogen) atoms. The van der Waals surface area contributed by atoms with Crippen molar-refractivity contribution in [2.75, 3.05) is 11.1 Å². The fourth-order valence-electron chi connectivity index (χ4n) is 1.80. The molecule has 2 rings (SSSR count). The lowest BCUT2D eigenvalue weighted by molar-refractivity contribution is 0.0948. The summed E-state index contributed by atoms with van der Waals surface area (Å²) < 4.78 is 0. The summed E-state index contributed by atoms with van der Waals surface area (Å²) in [5.74, 6) is -0.234. The van der Waals surface area contributed by atoms with Crippen LogP contribution in [0.3, 0.4) is 0 Å². The predicted molar refractivity (Wildman–Crippen MR) is 103 cm³/mol. The van der Waals surface area contributed by atoms with Crippen LogP contribution in [0.1, 0.15) is 45.4 Å². The van der Waals surface area contributed by atoms with E-state index in [1.165, 1.54) is 0 Å². The summed E-state index contributed by atoms with van der Waals surface area (Å²) in [6, 6.07) is 0. The van der Waals surface area contributed by atoms with Crippen molar-refractivity contribution in [1.29, 1.82) is 0 Å². The molecule has 0 spiro atoms. The Bertz CT molecular complexity index is 813. The van der Waals surface area contributed by atoms with E-state index in [0.29, 0.717) is 23.4 Å². The average Bonchev–Trinajstić information content (AvgIpc) is 3.08. The molecular formula is C13H21Cl2N9O2. The molecule has 0 aliphatic rings. The summed E-state index contributed by atoms with van der Waals surface area (Å²) in [7, 11) is 0. The zero-order valence-corrected chi connectivity index (χ0v) is 16.0. The van der Waals surface area contributed by atoms with Crippen LogP contribution in [-0.2, 0) is 0 Å². The standard InChI is InChI=1S/C13H19N9O2.2ClH/c1-4-7(14)17-22-13(24)9-6(3)11(21-19-9)16-12(23)8-5(2)10(15)20-18-8;;/h4H2,1-3H3,(H2,14,17)(H,22,24)(H3,15,18,20)(H2,16,19,21,23);2*1H. The van der Waals surface area contributed by atoms with Gasteiger partial charge in [-0.25, -0.2) is 5.43 Å². The molecule has 2 heterocycles. The Morgan fingerprint density at radius 1 is 1.08 bits per heavy atom. The molecule has 0 bridgehead atoms. The van der Waals surface area contributed by atoms with Crippen LogP contribution in [0.2, 0.25) is 0 Å². The maximum absolute atomic E-state index is 12.2. The zero-order valence-electron chi connectivity index (χ0n) is 14.3. The summed E-state index contributed by atoms with van der Waals surface area (Å²) in [6.07, 6.45) is 0.510. The number of anilines is 2. The number of hydrogen-bond acceptors (Lipinski definition) is 6. The van der Waals surface area contributed by atoms with Gasteiger partial charge in [0.25, 0.3) is 11.8 Å². The molecule has 2 amide bonds. The second-order valence-electron chi connectivity index (χ2n) is 5.03. The molecular weight excluding hydrogens is 385 g/mol. The summed E-state index contributed by atoms with van der Waals surface area (Å²) in [6.45, 7) is 5.11. The minimum atomic E-state index is -0.515. The Labute approximate surface area is 161 Å². The second kappa shape index (κ2) is 9.63. The number of aromatic nitrogens is 4. The van der Waals surface area contributed by atoms with E-state index in [1.54, 1.807) is 13.8 Å². The van der Waals surface area contributed by atoms with E-state index in [1.807, 2.05) is 6.92 Å². The van der Waals surface area contributed by atoms with Crippen LogP contribution in [0.25, 0.3) is 0 Å². The third kappa shape index (κ3) is 4.86. The first-order chi connectivity index (χ1) is 11.3. The molecule has 2 aromatic heterocycles. The molecule has 0 atom stereocenters. The lowest BCUT2D eigenvalue weighted by atomic mass is 10.2. The molecule has 0 saturated carbocycles. The summed E-state index contributed by atoms with van der Waals surface area (Å²) in [4.78, 5) is 24.2. The van der Waals surface area contributed by atoms with Crippen molar-refractivity contribution in [3.05, 3.63) is 22.5 Å². The van der Waals surface area contributed by atoms with Crippen molar-refractivity contribution in [3.8, 4) is 0 Å². The van der Waals surface area contributed by atoms with Gasteiger partial charge in [-0.05, 0) is 13.8 Å². The number of halogens is 2. The molecule has 11 nitrogen and oxygen atoms in total. The van der Waals surface area contributed by atoms with Gasteiger partial charge >= 0.3 is 0 Å². The Morgan fingerprint density at radius 3 is 2.19 bits per heavy atom. The molecule has 0 radical (unpaired) electrons. The summed E-state index contributed by atoms with van der Waals surface area (Å²) in [5.41, 5.74) is 14.8. The molecule has 0 saturated heterocycles. The molecule has 0 fully saturated rings. The number of hydrazone groups is 1. The van der Waals surface area contributed by atoms with Crippen LogP contribution in [0.15, 0.2) is 5.10 Å². The fourth-order valence-corrected chi connectivity index (χ4v) is 1.80. The van der Waals surface area contributed by atoms with Crippen molar-refractivity contribution in [2.45, 2.75) is 27.2 Å². The molecule has 0 aliphatic heterocycles. The first kappa shape index (κ1) is 23.2. The van der Waals surface area contributed by atoms with E-state index in [2.05, 4.69) is 36.2 Å². The Morgan fingerprint density at radius 2 is 1.65 bits per heavy atom. The van der Waals surface area contributed by atoms with Crippen molar-refractivity contribution in [3.63, 3.8) is 0 Å². The number of carbonyl (C=O) groups is 2. The van der Waals surface area contributed by atoms with E-state index in [9.17, 15) is 9.59 Å². The molecule has 0 aromatic carbocycles. The van der Waals surface area contributed by atoms with Crippen LogP contribution >= 0.6 is 24.8 Å². The van der Waals surface area contributed by atoms with Gasteiger partial charge in [0, 0.05) is 17.5 Å². The van der Waals surface area contributed by atoms with Gasteiger partial charge in [0.15, 0.2) is 5.82 Å². The van der Waals surface area contributed by atoms with Crippen LogP contribution in [0.5, 0.6) is 0 Å². The van der Waals surface area contributed by atoms with Crippen molar-refractivity contribution >= 4 is 54.1 Å².